The number of rotatable bonds is 7. The Kier molecular flexibility index (Phi) is 7.60. The van der Waals surface area contributed by atoms with Crippen LogP contribution in [0.2, 0.25) is 10.0 Å². The number of hydrogen-bond acceptors (Lipinski definition) is 5. The van der Waals surface area contributed by atoms with E-state index in [0.717, 1.165) is 11.1 Å². The molecule has 1 heterocycles. The minimum absolute atomic E-state index is 0.187. The van der Waals surface area contributed by atoms with Crippen LogP contribution in [0.15, 0.2) is 71.6 Å². The normalized spacial score (nSPS) is 14.8. The fourth-order valence-corrected chi connectivity index (χ4v) is 4.81. The number of carbonyl (C=O) groups excluding carboxylic acids is 1. The van der Waals surface area contributed by atoms with Crippen LogP contribution in [0.4, 0.5) is 5.69 Å². The molecule has 0 spiro atoms. The molecule has 0 N–H and O–H groups in total. The molecule has 1 amide bonds. The van der Waals surface area contributed by atoms with Gasteiger partial charge in [0, 0.05) is 10.0 Å². The number of carbonyl (C=O) groups is 1. The third kappa shape index (κ3) is 5.71. The SMILES string of the molecule is CCOc1cc(/C=C2/SC(=S)N(c3cccc(Cl)c3)C2=O)ccc1OCc1ccc(Cl)cc1. The minimum atomic E-state index is -0.187. The number of thiocarbonyl (C=S) groups is 1. The molecule has 3 aromatic carbocycles. The van der Waals surface area contributed by atoms with Crippen molar-refractivity contribution in [1.29, 1.82) is 0 Å². The first kappa shape index (κ1) is 23.6. The molecule has 0 aliphatic carbocycles. The summed E-state index contributed by atoms with van der Waals surface area (Å²) in [6.07, 6.45) is 1.80. The maximum absolute atomic E-state index is 13.0. The molecule has 1 aliphatic rings. The van der Waals surface area contributed by atoms with Gasteiger partial charge in [-0.2, -0.15) is 0 Å². The molecule has 33 heavy (non-hydrogen) atoms. The lowest BCUT2D eigenvalue weighted by Gasteiger charge is -2.14. The van der Waals surface area contributed by atoms with Gasteiger partial charge in [-0.15, -0.1) is 0 Å². The zero-order chi connectivity index (χ0) is 23.4. The van der Waals surface area contributed by atoms with Gasteiger partial charge in [-0.25, -0.2) is 0 Å². The monoisotopic (exact) mass is 515 g/mol. The number of anilines is 1. The van der Waals surface area contributed by atoms with Gasteiger partial charge in [0.15, 0.2) is 15.8 Å². The third-order valence-electron chi connectivity index (χ3n) is 4.73. The van der Waals surface area contributed by atoms with Crippen molar-refractivity contribution in [2.45, 2.75) is 13.5 Å². The number of benzene rings is 3. The van der Waals surface area contributed by atoms with Crippen LogP contribution in [0.5, 0.6) is 11.5 Å². The topological polar surface area (TPSA) is 38.8 Å². The third-order valence-corrected chi connectivity index (χ3v) is 6.52. The lowest BCUT2D eigenvalue weighted by molar-refractivity contribution is -0.113. The Morgan fingerprint density at radius 3 is 2.48 bits per heavy atom. The molecule has 0 radical (unpaired) electrons. The molecule has 1 fully saturated rings. The zero-order valence-electron chi connectivity index (χ0n) is 17.6. The van der Waals surface area contributed by atoms with Crippen molar-refractivity contribution in [3.63, 3.8) is 0 Å². The zero-order valence-corrected chi connectivity index (χ0v) is 20.7. The van der Waals surface area contributed by atoms with Crippen LogP contribution in [-0.2, 0) is 11.4 Å². The Bertz CT molecular complexity index is 1230. The molecule has 4 nitrogen and oxygen atoms in total. The van der Waals surface area contributed by atoms with Crippen molar-refractivity contribution in [3.8, 4) is 11.5 Å². The standard InChI is InChI=1S/C25H19Cl2NO3S2/c1-2-30-22-12-17(8-11-21(22)31-15-16-6-9-18(26)10-7-16)13-23-24(29)28(25(32)33-23)20-5-3-4-19(27)14-20/h3-14H,2,15H2,1H3/b23-13+. The Balaban J connectivity index is 1.55. The second kappa shape index (κ2) is 10.6. The lowest BCUT2D eigenvalue weighted by atomic mass is 10.1. The molecule has 8 heteroatoms. The second-order valence-electron chi connectivity index (χ2n) is 7.05. The van der Waals surface area contributed by atoms with Crippen molar-refractivity contribution >= 4 is 69.2 Å². The van der Waals surface area contributed by atoms with Crippen molar-refractivity contribution in [2.24, 2.45) is 0 Å². The highest BCUT2D eigenvalue weighted by molar-refractivity contribution is 8.27. The highest BCUT2D eigenvalue weighted by Crippen LogP contribution is 2.38. The van der Waals surface area contributed by atoms with Crippen molar-refractivity contribution in [1.82, 2.24) is 0 Å². The second-order valence-corrected chi connectivity index (χ2v) is 9.60. The largest absolute Gasteiger partial charge is 0.490 e. The first-order chi connectivity index (χ1) is 15.9. The van der Waals surface area contributed by atoms with E-state index >= 15 is 0 Å². The molecule has 0 saturated carbocycles. The summed E-state index contributed by atoms with van der Waals surface area (Å²) in [7, 11) is 0. The van der Waals surface area contributed by atoms with Gasteiger partial charge in [-0.05, 0) is 66.6 Å². The predicted octanol–water partition coefficient (Wildman–Crippen LogP) is 7.38. The van der Waals surface area contributed by atoms with E-state index < -0.39 is 0 Å². The fourth-order valence-electron chi connectivity index (χ4n) is 3.20. The Morgan fingerprint density at radius 1 is 0.970 bits per heavy atom. The molecule has 1 aliphatic heterocycles. The predicted molar refractivity (Wildman–Crippen MR) is 140 cm³/mol. The molecule has 4 rings (SSSR count). The van der Waals surface area contributed by atoms with E-state index in [4.69, 9.17) is 44.9 Å². The Hall–Kier alpha value is -2.51. The quantitative estimate of drug-likeness (QED) is 0.242. The molecule has 1 saturated heterocycles. The van der Waals surface area contributed by atoms with Crippen molar-refractivity contribution in [2.75, 3.05) is 11.5 Å². The van der Waals surface area contributed by atoms with E-state index in [-0.39, 0.29) is 5.91 Å². The van der Waals surface area contributed by atoms with Crippen LogP contribution in [0, 0.1) is 0 Å². The first-order valence-electron chi connectivity index (χ1n) is 10.1. The number of ether oxygens (including phenoxy) is 2. The Morgan fingerprint density at radius 2 is 1.76 bits per heavy atom. The molecule has 0 atom stereocenters. The smallest absolute Gasteiger partial charge is 0.270 e. The summed E-state index contributed by atoms with van der Waals surface area (Å²) < 4.78 is 12.2. The van der Waals surface area contributed by atoms with Crippen LogP contribution in [0.1, 0.15) is 18.1 Å². The summed E-state index contributed by atoms with van der Waals surface area (Å²) in [6.45, 7) is 2.78. The summed E-state index contributed by atoms with van der Waals surface area (Å²) in [5, 5.41) is 1.22. The van der Waals surface area contributed by atoms with Crippen LogP contribution in [0.25, 0.3) is 6.08 Å². The molecular weight excluding hydrogens is 497 g/mol. The molecule has 0 aromatic heterocycles. The van der Waals surface area contributed by atoms with E-state index in [0.29, 0.717) is 49.7 Å². The number of hydrogen-bond donors (Lipinski definition) is 0. The van der Waals surface area contributed by atoms with Gasteiger partial charge in [-0.1, -0.05) is 71.4 Å². The van der Waals surface area contributed by atoms with E-state index in [1.54, 1.807) is 30.3 Å². The highest BCUT2D eigenvalue weighted by Gasteiger charge is 2.33. The summed E-state index contributed by atoms with van der Waals surface area (Å²) >= 11 is 18.7. The van der Waals surface area contributed by atoms with Gasteiger partial charge < -0.3 is 9.47 Å². The number of thioether (sulfide) groups is 1. The fraction of sp³-hybridized carbons (Fsp3) is 0.120. The average Bonchev–Trinajstić information content (AvgIpc) is 3.07. The molecule has 168 valence electrons. The molecule has 0 bridgehead atoms. The van der Waals surface area contributed by atoms with Crippen LogP contribution >= 0.6 is 47.2 Å². The van der Waals surface area contributed by atoms with Gasteiger partial charge in [0.25, 0.3) is 5.91 Å². The molecule has 3 aromatic rings. The van der Waals surface area contributed by atoms with E-state index in [9.17, 15) is 4.79 Å². The van der Waals surface area contributed by atoms with Crippen LogP contribution in [0.3, 0.4) is 0 Å². The highest BCUT2D eigenvalue weighted by atomic mass is 35.5. The van der Waals surface area contributed by atoms with E-state index in [2.05, 4.69) is 0 Å². The molecular formula is C25H19Cl2NO3S2. The van der Waals surface area contributed by atoms with E-state index in [1.165, 1.54) is 16.7 Å². The summed E-state index contributed by atoms with van der Waals surface area (Å²) in [6, 6.07) is 20.1. The van der Waals surface area contributed by atoms with Gasteiger partial charge in [0.2, 0.25) is 0 Å². The Labute approximate surface area is 212 Å². The van der Waals surface area contributed by atoms with Crippen molar-refractivity contribution in [3.05, 3.63) is 92.8 Å². The minimum Gasteiger partial charge on any atom is -0.490 e. The summed E-state index contributed by atoms with van der Waals surface area (Å²) in [4.78, 5) is 15.0. The number of nitrogens with zero attached hydrogens (tertiary/aromatic N) is 1. The van der Waals surface area contributed by atoms with Gasteiger partial charge in [0.1, 0.15) is 6.61 Å². The van der Waals surface area contributed by atoms with Crippen LogP contribution in [-0.4, -0.2) is 16.8 Å². The maximum Gasteiger partial charge on any atom is 0.270 e. The number of amides is 1. The summed E-state index contributed by atoms with van der Waals surface area (Å²) in [5.41, 5.74) is 2.45. The van der Waals surface area contributed by atoms with Gasteiger partial charge in [-0.3, -0.25) is 9.69 Å². The van der Waals surface area contributed by atoms with Gasteiger partial charge in [0.05, 0.1) is 17.2 Å². The number of halogens is 2. The van der Waals surface area contributed by atoms with E-state index in [1.807, 2.05) is 49.4 Å². The maximum atomic E-state index is 13.0. The molecule has 0 unspecified atom stereocenters. The summed E-state index contributed by atoms with van der Waals surface area (Å²) in [5.74, 6) is 1.04. The first-order valence-corrected chi connectivity index (χ1v) is 12.1. The van der Waals surface area contributed by atoms with Crippen LogP contribution < -0.4 is 14.4 Å². The average molecular weight is 516 g/mol. The van der Waals surface area contributed by atoms with Gasteiger partial charge >= 0.3 is 0 Å². The van der Waals surface area contributed by atoms with Crippen molar-refractivity contribution < 1.29 is 14.3 Å². The lowest BCUT2D eigenvalue weighted by Crippen LogP contribution is -2.27.